The Morgan fingerprint density at radius 3 is 2.75 bits per heavy atom. The third-order valence-corrected chi connectivity index (χ3v) is 3.91. The summed E-state index contributed by atoms with van der Waals surface area (Å²) >= 11 is 0. The van der Waals surface area contributed by atoms with Crippen LogP contribution in [0.3, 0.4) is 0 Å². The fraction of sp³-hybridized carbons (Fsp3) is 0.471. The van der Waals surface area contributed by atoms with Crippen LogP contribution in [0.5, 0.6) is 0 Å². The predicted molar refractivity (Wildman–Crippen MR) is 84.0 cm³/mol. The molecule has 0 fully saturated rings. The predicted octanol–water partition coefficient (Wildman–Crippen LogP) is 3.05. The van der Waals surface area contributed by atoms with E-state index in [1.807, 2.05) is 12.4 Å². The summed E-state index contributed by atoms with van der Waals surface area (Å²) in [5.74, 6) is 1.72. The number of nitrogens with one attached hydrogen (secondary N) is 1. The lowest BCUT2D eigenvalue weighted by Gasteiger charge is -2.19. The highest BCUT2D eigenvalue weighted by Gasteiger charge is 2.14. The SMILES string of the molecule is CCNCC(CCc1nccn1C)c1ccccc1C. The van der Waals surface area contributed by atoms with E-state index in [1.165, 1.54) is 17.0 Å². The maximum Gasteiger partial charge on any atom is 0.108 e. The van der Waals surface area contributed by atoms with Gasteiger partial charge in [-0.25, -0.2) is 4.98 Å². The van der Waals surface area contributed by atoms with E-state index in [2.05, 4.69) is 60.0 Å². The molecule has 0 aliphatic rings. The van der Waals surface area contributed by atoms with Crippen molar-refractivity contribution in [2.24, 2.45) is 7.05 Å². The molecule has 0 saturated heterocycles. The lowest BCUT2D eigenvalue weighted by Crippen LogP contribution is -2.22. The summed E-state index contributed by atoms with van der Waals surface area (Å²) in [6.45, 7) is 6.42. The van der Waals surface area contributed by atoms with Gasteiger partial charge in [0.25, 0.3) is 0 Å². The molecular weight excluding hydrogens is 246 g/mol. The van der Waals surface area contributed by atoms with Crippen molar-refractivity contribution < 1.29 is 0 Å². The summed E-state index contributed by atoms with van der Waals surface area (Å²) in [6, 6.07) is 8.72. The van der Waals surface area contributed by atoms with Gasteiger partial charge in [-0.15, -0.1) is 0 Å². The van der Waals surface area contributed by atoms with Crippen LogP contribution in [0.4, 0.5) is 0 Å². The molecule has 3 nitrogen and oxygen atoms in total. The third-order valence-electron chi connectivity index (χ3n) is 3.91. The van der Waals surface area contributed by atoms with E-state index in [0.29, 0.717) is 5.92 Å². The number of rotatable bonds is 7. The van der Waals surface area contributed by atoms with Gasteiger partial charge in [0.2, 0.25) is 0 Å². The highest BCUT2D eigenvalue weighted by Crippen LogP contribution is 2.24. The summed E-state index contributed by atoms with van der Waals surface area (Å²) in [6.07, 6.45) is 6.04. The molecule has 2 rings (SSSR count). The number of hydrogen-bond acceptors (Lipinski definition) is 2. The molecule has 1 aromatic carbocycles. The van der Waals surface area contributed by atoms with Crippen LogP contribution < -0.4 is 5.32 Å². The van der Waals surface area contributed by atoms with E-state index in [0.717, 1.165) is 25.9 Å². The quantitative estimate of drug-likeness (QED) is 0.839. The van der Waals surface area contributed by atoms with E-state index in [-0.39, 0.29) is 0 Å². The molecule has 0 spiro atoms. The maximum absolute atomic E-state index is 4.43. The maximum atomic E-state index is 4.43. The van der Waals surface area contributed by atoms with Crippen LogP contribution >= 0.6 is 0 Å². The van der Waals surface area contributed by atoms with E-state index < -0.39 is 0 Å². The van der Waals surface area contributed by atoms with Crippen molar-refractivity contribution in [1.29, 1.82) is 0 Å². The molecule has 1 N–H and O–H groups in total. The van der Waals surface area contributed by atoms with E-state index >= 15 is 0 Å². The zero-order chi connectivity index (χ0) is 14.4. The van der Waals surface area contributed by atoms with Crippen LogP contribution in [0.25, 0.3) is 0 Å². The van der Waals surface area contributed by atoms with Crippen LogP contribution in [0, 0.1) is 6.92 Å². The molecule has 20 heavy (non-hydrogen) atoms. The highest BCUT2D eigenvalue weighted by atomic mass is 15.0. The topological polar surface area (TPSA) is 29.9 Å². The van der Waals surface area contributed by atoms with Crippen LogP contribution in [-0.2, 0) is 13.5 Å². The average molecular weight is 271 g/mol. The van der Waals surface area contributed by atoms with Gasteiger partial charge in [0, 0.05) is 32.4 Å². The Bertz CT molecular complexity index is 531. The summed E-state index contributed by atoms with van der Waals surface area (Å²) < 4.78 is 2.11. The molecule has 0 radical (unpaired) electrons. The number of nitrogens with zero attached hydrogens (tertiary/aromatic N) is 2. The molecule has 0 amide bonds. The van der Waals surface area contributed by atoms with Crippen molar-refractivity contribution in [2.75, 3.05) is 13.1 Å². The van der Waals surface area contributed by atoms with E-state index in [9.17, 15) is 0 Å². The summed E-state index contributed by atoms with van der Waals surface area (Å²) in [7, 11) is 2.06. The van der Waals surface area contributed by atoms with Crippen molar-refractivity contribution in [3.63, 3.8) is 0 Å². The molecule has 2 aromatic rings. The van der Waals surface area contributed by atoms with Gasteiger partial charge in [0.05, 0.1) is 0 Å². The summed E-state index contributed by atoms with van der Waals surface area (Å²) in [5, 5.41) is 3.49. The lowest BCUT2D eigenvalue weighted by molar-refractivity contribution is 0.548. The minimum atomic E-state index is 0.549. The van der Waals surface area contributed by atoms with E-state index in [1.54, 1.807) is 0 Å². The molecule has 0 bridgehead atoms. The second-order valence-electron chi connectivity index (χ2n) is 5.35. The smallest absolute Gasteiger partial charge is 0.108 e. The van der Waals surface area contributed by atoms with Crippen molar-refractivity contribution in [3.8, 4) is 0 Å². The van der Waals surface area contributed by atoms with Gasteiger partial charge >= 0.3 is 0 Å². The number of hydrogen-bond donors (Lipinski definition) is 1. The molecule has 1 aromatic heterocycles. The summed E-state index contributed by atoms with van der Waals surface area (Å²) in [4.78, 5) is 4.43. The Balaban J connectivity index is 2.08. The standard InChI is InChI=1S/C17H25N3/c1-4-18-13-15(16-8-6-5-7-14(16)2)9-10-17-19-11-12-20(17)3/h5-8,11-12,15,18H,4,9-10,13H2,1-3H3. The molecule has 1 heterocycles. The van der Waals surface area contributed by atoms with E-state index in [4.69, 9.17) is 0 Å². The second kappa shape index (κ2) is 7.25. The van der Waals surface area contributed by atoms with Gasteiger partial charge in [-0.1, -0.05) is 31.2 Å². The normalized spacial score (nSPS) is 12.6. The van der Waals surface area contributed by atoms with Crippen LogP contribution in [0.15, 0.2) is 36.7 Å². The van der Waals surface area contributed by atoms with Gasteiger partial charge < -0.3 is 9.88 Å². The highest BCUT2D eigenvalue weighted by molar-refractivity contribution is 5.29. The number of imidazole rings is 1. The zero-order valence-electron chi connectivity index (χ0n) is 12.8. The fourth-order valence-corrected chi connectivity index (χ4v) is 2.67. The van der Waals surface area contributed by atoms with Crippen molar-refractivity contribution in [3.05, 3.63) is 53.6 Å². The largest absolute Gasteiger partial charge is 0.338 e. The molecule has 3 heteroatoms. The minimum Gasteiger partial charge on any atom is -0.338 e. The van der Waals surface area contributed by atoms with Gasteiger partial charge in [-0.3, -0.25) is 0 Å². The van der Waals surface area contributed by atoms with Gasteiger partial charge in [0.1, 0.15) is 5.82 Å². The van der Waals surface area contributed by atoms with Gasteiger partial charge in [-0.2, -0.15) is 0 Å². The Labute approximate surface area is 122 Å². The number of benzene rings is 1. The molecule has 1 unspecified atom stereocenters. The molecule has 0 saturated carbocycles. The fourth-order valence-electron chi connectivity index (χ4n) is 2.67. The van der Waals surface area contributed by atoms with Crippen molar-refractivity contribution >= 4 is 0 Å². The van der Waals surface area contributed by atoms with Crippen LogP contribution in [-0.4, -0.2) is 22.6 Å². The number of likely N-dealkylation sites (N-methyl/N-ethyl adjacent to an activating group) is 1. The Hall–Kier alpha value is -1.61. The first-order chi connectivity index (χ1) is 9.72. The second-order valence-corrected chi connectivity index (χ2v) is 5.35. The van der Waals surface area contributed by atoms with Crippen molar-refractivity contribution in [1.82, 2.24) is 14.9 Å². The zero-order valence-corrected chi connectivity index (χ0v) is 12.8. The Morgan fingerprint density at radius 1 is 1.30 bits per heavy atom. The Kier molecular flexibility index (Phi) is 5.36. The molecule has 108 valence electrons. The molecule has 0 aliphatic heterocycles. The Morgan fingerprint density at radius 2 is 2.10 bits per heavy atom. The summed E-state index contributed by atoms with van der Waals surface area (Å²) in [5.41, 5.74) is 2.85. The van der Waals surface area contributed by atoms with Gasteiger partial charge in [-0.05, 0) is 36.9 Å². The average Bonchev–Trinajstić information content (AvgIpc) is 2.86. The first-order valence-electron chi connectivity index (χ1n) is 7.44. The molecular formula is C17H25N3. The lowest BCUT2D eigenvalue weighted by atomic mass is 9.90. The van der Waals surface area contributed by atoms with Crippen LogP contribution in [0.2, 0.25) is 0 Å². The number of aryl methyl sites for hydroxylation is 3. The first kappa shape index (κ1) is 14.8. The van der Waals surface area contributed by atoms with Crippen LogP contribution in [0.1, 0.15) is 36.2 Å². The first-order valence-corrected chi connectivity index (χ1v) is 7.44. The molecule has 1 atom stereocenters. The number of aromatic nitrogens is 2. The third kappa shape index (κ3) is 3.70. The van der Waals surface area contributed by atoms with Crippen molar-refractivity contribution in [2.45, 2.75) is 32.6 Å². The molecule has 0 aliphatic carbocycles. The monoisotopic (exact) mass is 271 g/mol. The minimum absolute atomic E-state index is 0.549. The van der Waals surface area contributed by atoms with Gasteiger partial charge in [0.15, 0.2) is 0 Å².